The molecule has 1 aliphatic rings. The number of benzene rings is 2. The SMILES string of the molecule is O=C(N/C=C/c1cccc(Cl)c1)N1CCN(Cc2ccccc2)CC1. The normalized spacial score (nSPS) is 15.5. The van der Waals surface area contributed by atoms with Crippen LogP contribution < -0.4 is 5.32 Å². The summed E-state index contributed by atoms with van der Waals surface area (Å²) in [5.41, 5.74) is 2.27. The smallest absolute Gasteiger partial charge is 0.321 e. The van der Waals surface area contributed by atoms with Crippen LogP contribution in [0.4, 0.5) is 4.79 Å². The van der Waals surface area contributed by atoms with Gasteiger partial charge in [0, 0.05) is 43.9 Å². The van der Waals surface area contributed by atoms with E-state index in [0.717, 1.165) is 38.3 Å². The molecule has 0 aromatic heterocycles. The lowest BCUT2D eigenvalue weighted by molar-refractivity contribution is 0.137. The molecule has 5 heteroatoms. The lowest BCUT2D eigenvalue weighted by Crippen LogP contribution is -2.50. The van der Waals surface area contributed by atoms with Crippen LogP contribution in [0.2, 0.25) is 5.02 Å². The zero-order chi connectivity index (χ0) is 17.5. The number of amides is 2. The average Bonchev–Trinajstić information content (AvgIpc) is 2.63. The van der Waals surface area contributed by atoms with Crippen LogP contribution in [-0.4, -0.2) is 42.0 Å². The Bertz CT molecular complexity index is 725. The first-order chi connectivity index (χ1) is 12.2. The van der Waals surface area contributed by atoms with Crippen molar-refractivity contribution < 1.29 is 4.79 Å². The van der Waals surface area contributed by atoms with Crippen LogP contribution in [0.5, 0.6) is 0 Å². The molecule has 0 spiro atoms. The summed E-state index contributed by atoms with van der Waals surface area (Å²) < 4.78 is 0. The van der Waals surface area contributed by atoms with E-state index in [-0.39, 0.29) is 6.03 Å². The summed E-state index contributed by atoms with van der Waals surface area (Å²) in [4.78, 5) is 16.5. The Labute approximate surface area is 153 Å². The molecule has 1 fully saturated rings. The Morgan fingerprint density at radius 1 is 1.04 bits per heavy atom. The van der Waals surface area contributed by atoms with Gasteiger partial charge in [-0.2, -0.15) is 0 Å². The summed E-state index contributed by atoms with van der Waals surface area (Å²) in [6.45, 7) is 4.19. The van der Waals surface area contributed by atoms with E-state index in [1.807, 2.05) is 41.3 Å². The van der Waals surface area contributed by atoms with E-state index in [2.05, 4.69) is 34.5 Å². The monoisotopic (exact) mass is 355 g/mol. The number of hydrogen-bond donors (Lipinski definition) is 1. The predicted molar refractivity (Wildman–Crippen MR) is 102 cm³/mol. The molecule has 0 saturated carbocycles. The van der Waals surface area contributed by atoms with Gasteiger partial charge in [0.25, 0.3) is 0 Å². The summed E-state index contributed by atoms with van der Waals surface area (Å²) in [6.07, 6.45) is 3.51. The van der Waals surface area contributed by atoms with E-state index in [9.17, 15) is 4.79 Å². The number of piperazine rings is 1. The maximum absolute atomic E-state index is 12.2. The number of halogens is 1. The number of nitrogens with zero attached hydrogens (tertiary/aromatic N) is 2. The van der Waals surface area contributed by atoms with E-state index in [1.54, 1.807) is 6.20 Å². The van der Waals surface area contributed by atoms with Crippen molar-refractivity contribution in [2.24, 2.45) is 0 Å². The molecular formula is C20H22ClN3O. The lowest BCUT2D eigenvalue weighted by Gasteiger charge is -2.34. The van der Waals surface area contributed by atoms with Gasteiger partial charge in [0.1, 0.15) is 0 Å². The second-order valence-electron chi connectivity index (χ2n) is 6.09. The second-order valence-corrected chi connectivity index (χ2v) is 6.52. The van der Waals surface area contributed by atoms with E-state index in [1.165, 1.54) is 5.56 Å². The topological polar surface area (TPSA) is 35.6 Å². The third kappa shape index (κ3) is 5.34. The van der Waals surface area contributed by atoms with Crippen LogP contribution >= 0.6 is 11.6 Å². The third-order valence-electron chi connectivity index (χ3n) is 4.24. The van der Waals surface area contributed by atoms with Crippen LogP contribution in [0, 0.1) is 0 Å². The molecular weight excluding hydrogens is 334 g/mol. The first kappa shape index (κ1) is 17.5. The molecule has 2 aromatic carbocycles. The minimum absolute atomic E-state index is 0.0577. The molecule has 1 saturated heterocycles. The van der Waals surface area contributed by atoms with Crippen molar-refractivity contribution in [1.82, 2.24) is 15.1 Å². The Morgan fingerprint density at radius 2 is 1.80 bits per heavy atom. The molecule has 0 unspecified atom stereocenters. The predicted octanol–water partition coefficient (Wildman–Crippen LogP) is 3.84. The van der Waals surface area contributed by atoms with E-state index in [0.29, 0.717) is 5.02 Å². The van der Waals surface area contributed by atoms with Gasteiger partial charge in [-0.3, -0.25) is 4.90 Å². The zero-order valence-corrected chi connectivity index (χ0v) is 14.8. The Kier molecular flexibility index (Phi) is 6.09. The molecule has 130 valence electrons. The average molecular weight is 356 g/mol. The number of hydrogen-bond acceptors (Lipinski definition) is 2. The van der Waals surface area contributed by atoms with Crippen LogP contribution in [0.1, 0.15) is 11.1 Å². The van der Waals surface area contributed by atoms with E-state index in [4.69, 9.17) is 11.6 Å². The van der Waals surface area contributed by atoms with Crippen LogP contribution in [0.3, 0.4) is 0 Å². The number of rotatable bonds is 4. The fourth-order valence-corrected chi connectivity index (χ4v) is 3.06. The van der Waals surface area contributed by atoms with Crippen LogP contribution in [0.15, 0.2) is 60.8 Å². The van der Waals surface area contributed by atoms with Gasteiger partial charge in [0.2, 0.25) is 0 Å². The minimum atomic E-state index is -0.0577. The zero-order valence-electron chi connectivity index (χ0n) is 14.1. The first-order valence-electron chi connectivity index (χ1n) is 8.44. The van der Waals surface area contributed by atoms with Gasteiger partial charge in [-0.05, 0) is 29.3 Å². The van der Waals surface area contributed by atoms with Gasteiger partial charge in [0.15, 0.2) is 0 Å². The van der Waals surface area contributed by atoms with Crippen molar-refractivity contribution >= 4 is 23.7 Å². The minimum Gasteiger partial charge on any atom is -0.322 e. The fourth-order valence-electron chi connectivity index (χ4n) is 2.86. The number of carbonyl (C=O) groups is 1. The lowest BCUT2D eigenvalue weighted by atomic mass is 10.2. The van der Waals surface area contributed by atoms with Crippen molar-refractivity contribution in [2.75, 3.05) is 26.2 Å². The quantitative estimate of drug-likeness (QED) is 0.904. The van der Waals surface area contributed by atoms with E-state index >= 15 is 0 Å². The van der Waals surface area contributed by atoms with Crippen LogP contribution in [0.25, 0.3) is 6.08 Å². The number of carbonyl (C=O) groups excluding carboxylic acids is 1. The second kappa shape index (κ2) is 8.70. The Morgan fingerprint density at radius 3 is 2.52 bits per heavy atom. The molecule has 0 aliphatic carbocycles. The van der Waals surface area contributed by atoms with Crippen molar-refractivity contribution in [2.45, 2.75) is 6.54 Å². The Balaban J connectivity index is 1.44. The van der Waals surface area contributed by atoms with Gasteiger partial charge < -0.3 is 10.2 Å². The number of urea groups is 1. The Hall–Kier alpha value is -2.30. The largest absolute Gasteiger partial charge is 0.322 e. The molecule has 3 rings (SSSR count). The number of nitrogens with one attached hydrogen (secondary N) is 1. The standard InChI is InChI=1S/C20H22ClN3O/c21-19-8-4-7-17(15-19)9-10-22-20(25)24-13-11-23(12-14-24)16-18-5-2-1-3-6-18/h1-10,15H,11-14,16H2,(H,22,25)/b10-9+. The highest BCUT2D eigenvalue weighted by molar-refractivity contribution is 6.30. The van der Waals surface area contributed by atoms with Gasteiger partial charge in [0.05, 0.1) is 0 Å². The molecule has 1 N–H and O–H groups in total. The summed E-state index contributed by atoms with van der Waals surface area (Å²) in [7, 11) is 0. The summed E-state index contributed by atoms with van der Waals surface area (Å²) >= 11 is 5.95. The van der Waals surface area contributed by atoms with Gasteiger partial charge in [-0.15, -0.1) is 0 Å². The van der Waals surface area contributed by atoms with Crippen molar-refractivity contribution in [3.63, 3.8) is 0 Å². The third-order valence-corrected chi connectivity index (χ3v) is 4.47. The molecule has 0 atom stereocenters. The first-order valence-corrected chi connectivity index (χ1v) is 8.82. The molecule has 2 aromatic rings. The summed E-state index contributed by atoms with van der Waals surface area (Å²) in [6, 6.07) is 17.9. The molecule has 1 heterocycles. The molecule has 1 aliphatic heterocycles. The van der Waals surface area contributed by atoms with Gasteiger partial charge >= 0.3 is 6.03 Å². The van der Waals surface area contributed by atoms with Crippen molar-refractivity contribution in [3.05, 3.63) is 76.9 Å². The highest BCUT2D eigenvalue weighted by Gasteiger charge is 2.20. The maximum atomic E-state index is 12.2. The maximum Gasteiger partial charge on any atom is 0.321 e. The van der Waals surface area contributed by atoms with Gasteiger partial charge in [-0.1, -0.05) is 54.1 Å². The molecule has 4 nitrogen and oxygen atoms in total. The van der Waals surface area contributed by atoms with Crippen molar-refractivity contribution in [1.29, 1.82) is 0 Å². The van der Waals surface area contributed by atoms with Gasteiger partial charge in [-0.25, -0.2) is 4.79 Å². The highest BCUT2D eigenvalue weighted by atomic mass is 35.5. The molecule has 2 amide bonds. The van der Waals surface area contributed by atoms with Crippen molar-refractivity contribution in [3.8, 4) is 0 Å². The molecule has 0 radical (unpaired) electrons. The molecule has 25 heavy (non-hydrogen) atoms. The molecule has 0 bridgehead atoms. The van der Waals surface area contributed by atoms with Crippen LogP contribution in [-0.2, 0) is 6.54 Å². The fraction of sp³-hybridized carbons (Fsp3) is 0.250. The summed E-state index contributed by atoms with van der Waals surface area (Å²) in [5, 5.41) is 3.51. The van der Waals surface area contributed by atoms with E-state index < -0.39 is 0 Å². The summed E-state index contributed by atoms with van der Waals surface area (Å²) in [5.74, 6) is 0. The highest BCUT2D eigenvalue weighted by Crippen LogP contribution is 2.12.